The first-order valence-corrected chi connectivity index (χ1v) is 26.8. The normalized spacial score (nSPS) is 26.7. The minimum Gasteiger partial charge on any atom is -0.480 e. The van der Waals surface area contributed by atoms with Crippen molar-refractivity contribution in [1.29, 1.82) is 0 Å². The minimum absolute atomic E-state index is 0.477. The van der Waals surface area contributed by atoms with Crippen molar-refractivity contribution in [3.8, 4) is 0 Å². The molecule has 464 valence electrons. The molecule has 9 amide bonds. The number of hydrogen-bond acceptors (Lipinski definition) is 21. The fraction of sp³-hybridized carbons (Fsp3) is 0.800. The number of carbonyl (C=O) groups excluding carboxylic acids is 9. The summed E-state index contributed by atoms with van der Waals surface area (Å²) in [6.07, 6.45) is -16.7. The zero-order chi connectivity index (χ0) is 62.2. The Morgan fingerprint density at radius 2 is 0.790 bits per heavy atom. The molecule has 0 aromatic heterocycles. The number of aliphatic hydroxyl groups is 6. The summed E-state index contributed by atoms with van der Waals surface area (Å²) in [6.45, 7) is 18.9. The van der Waals surface area contributed by atoms with Crippen LogP contribution in [0.1, 0.15) is 96.9 Å². The van der Waals surface area contributed by atoms with Crippen LogP contribution in [0.4, 0.5) is 0 Å². The zero-order valence-electron chi connectivity index (χ0n) is 48.2. The number of ether oxygens (including phenoxy) is 4. The summed E-state index contributed by atoms with van der Waals surface area (Å²) in [5, 5.41) is 93.7. The molecule has 31 nitrogen and oxygen atoms in total. The average molecular weight is 1170 g/mol. The number of rotatable bonds is 29. The van der Waals surface area contributed by atoms with Crippen molar-refractivity contribution >= 4 is 59.1 Å². The van der Waals surface area contributed by atoms with Gasteiger partial charge in [-0.2, -0.15) is 0 Å². The van der Waals surface area contributed by atoms with E-state index in [0.717, 1.165) is 6.92 Å². The average Bonchev–Trinajstić information content (AvgIpc) is 3.42. The van der Waals surface area contributed by atoms with Crippen LogP contribution < -0.4 is 53.6 Å². The van der Waals surface area contributed by atoms with Gasteiger partial charge in [-0.05, 0) is 58.3 Å². The quantitative estimate of drug-likeness (QED) is 0.0331. The lowest BCUT2D eigenvalue weighted by atomic mass is 9.95. The Bertz CT molecular complexity index is 2170. The highest BCUT2D eigenvalue weighted by molar-refractivity contribution is 5.98. The molecule has 0 bridgehead atoms. The fourth-order valence-electron chi connectivity index (χ4n) is 8.27. The lowest BCUT2D eigenvalue weighted by Crippen LogP contribution is -2.68. The standard InChI is InChI=1S/C50H88N10O21/c1-17(2)30(58-43(71)29(51)25(13)78-49-34(56-26(14)63)39(36(65)28(16-62)79-49)81-50-38(67)37(66)35(64)27(15-61)80-50)44(72)54-22(10)41(69)52-21(9)40(68)53-23(11)42(70)57-32(19(5)6)46(74)60-33(20(7)8)47(75)59-31(18(3)4)45(73)55-24(12)48(76)77/h17-25,27-39,49-50,61-62,64-67H,15-16,51H2,1-14H3,(H,52,69)(H,53,68)(H,54,72)(H,55,73)(H,56,63)(H,57,70)(H,58,71)(H,59,75)(H,60,74)(H,76,77)/t21?,22-,23-,24-,25?,27?,28?,29-,30?,31?,32?,33-,34?,35-,36-,37?,38-,39+,49-,50-/m0/s1. The van der Waals surface area contributed by atoms with E-state index in [9.17, 15) is 83.7 Å². The molecular formula is C50H88N10O21. The summed E-state index contributed by atoms with van der Waals surface area (Å²) in [4.78, 5) is 131. The van der Waals surface area contributed by atoms with Crippen LogP contribution in [0.3, 0.4) is 0 Å². The van der Waals surface area contributed by atoms with E-state index >= 15 is 0 Å². The molecule has 2 aliphatic rings. The highest BCUT2D eigenvalue weighted by atomic mass is 16.7. The van der Waals surface area contributed by atoms with E-state index in [4.69, 9.17) is 24.7 Å². The molecule has 2 saturated heterocycles. The molecule has 31 heteroatoms. The molecular weight excluding hydrogens is 1080 g/mol. The van der Waals surface area contributed by atoms with E-state index in [1.54, 1.807) is 55.4 Å². The van der Waals surface area contributed by atoms with Gasteiger partial charge in [0.1, 0.15) is 103 Å². The van der Waals surface area contributed by atoms with Gasteiger partial charge in [0.05, 0.1) is 19.3 Å². The summed E-state index contributed by atoms with van der Waals surface area (Å²) in [7, 11) is 0. The maximum atomic E-state index is 13.6. The van der Waals surface area contributed by atoms with Crippen LogP contribution in [-0.2, 0) is 66.9 Å². The third-order valence-corrected chi connectivity index (χ3v) is 13.5. The lowest BCUT2D eigenvalue weighted by molar-refractivity contribution is -0.347. The first kappa shape index (κ1) is 71.4. The Kier molecular flexibility index (Phi) is 28.4. The molecule has 2 fully saturated rings. The van der Waals surface area contributed by atoms with Crippen molar-refractivity contribution in [2.24, 2.45) is 29.4 Å². The maximum absolute atomic E-state index is 13.6. The largest absolute Gasteiger partial charge is 0.480 e. The second-order valence-electron chi connectivity index (χ2n) is 21.8. The van der Waals surface area contributed by atoms with Gasteiger partial charge in [0.25, 0.3) is 0 Å². The van der Waals surface area contributed by atoms with Crippen LogP contribution in [0, 0.1) is 23.7 Å². The Balaban J connectivity index is 2.09. The molecule has 2 aliphatic heterocycles. The number of carboxylic acids is 1. The van der Waals surface area contributed by atoms with Crippen LogP contribution >= 0.6 is 0 Å². The Morgan fingerprint density at radius 3 is 1.17 bits per heavy atom. The van der Waals surface area contributed by atoms with E-state index in [2.05, 4.69) is 47.9 Å². The number of amides is 9. The predicted molar refractivity (Wildman–Crippen MR) is 282 cm³/mol. The molecule has 0 radical (unpaired) electrons. The van der Waals surface area contributed by atoms with Crippen LogP contribution in [0.15, 0.2) is 0 Å². The molecule has 0 aromatic carbocycles. The highest BCUT2D eigenvalue weighted by Crippen LogP contribution is 2.30. The predicted octanol–water partition coefficient (Wildman–Crippen LogP) is -6.85. The van der Waals surface area contributed by atoms with Crippen LogP contribution in [0.2, 0.25) is 0 Å². The topological polar surface area (TPSA) is 484 Å². The number of hydrogen-bond donors (Lipinski definition) is 17. The third-order valence-electron chi connectivity index (χ3n) is 13.5. The van der Waals surface area contributed by atoms with Crippen molar-refractivity contribution in [1.82, 2.24) is 47.9 Å². The Labute approximate surface area is 470 Å². The number of aliphatic carboxylic acids is 1. The molecule has 2 heterocycles. The van der Waals surface area contributed by atoms with Gasteiger partial charge in [-0.1, -0.05) is 55.4 Å². The van der Waals surface area contributed by atoms with Gasteiger partial charge < -0.3 is 108 Å². The second kappa shape index (κ2) is 32.2. The molecule has 0 saturated carbocycles. The summed E-state index contributed by atoms with van der Waals surface area (Å²) in [6, 6.07) is -13.1. The molecule has 81 heavy (non-hydrogen) atoms. The summed E-state index contributed by atoms with van der Waals surface area (Å²) in [5.41, 5.74) is 6.30. The van der Waals surface area contributed by atoms with Gasteiger partial charge in [0.15, 0.2) is 12.6 Å². The number of carbonyl (C=O) groups is 10. The maximum Gasteiger partial charge on any atom is 0.325 e. The summed E-state index contributed by atoms with van der Waals surface area (Å²) >= 11 is 0. The SMILES string of the molecule is CC(=O)NC1[C@@H](OC(C)[C@H](N)C(=O)NC(C(=O)N[C@@H](C)C(=O)NC(C)C(=O)N[C@@H](C)C(=O)NC(C(=O)N[C@H](C(=O)NC(C(=O)N[C@@H](C)C(=O)O)C(C)C)C(C)C)C(C)C)C(C)C)OC(CO)[C@H](O)[C@@H]1O[C@@H]1OC(CO)[C@H](O)C(O)[C@@H]1O. The monoisotopic (exact) mass is 1160 g/mol. The van der Waals surface area contributed by atoms with Crippen molar-refractivity contribution < 1.29 is 103 Å². The van der Waals surface area contributed by atoms with Gasteiger partial charge >= 0.3 is 5.97 Å². The number of carboxylic acid groups (broad SMARTS) is 1. The molecule has 2 rings (SSSR count). The van der Waals surface area contributed by atoms with Crippen molar-refractivity contribution in [3.05, 3.63) is 0 Å². The number of nitrogens with one attached hydrogen (secondary N) is 9. The smallest absolute Gasteiger partial charge is 0.325 e. The molecule has 20 atom stereocenters. The number of aliphatic hydroxyl groups excluding tert-OH is 6. The van der Waals surface area contributed by atoms with Gasteiger partial charge in [0, 0.05) is 6.92 Å². The Morgan fingerprint density at radius 1 is 0.457 bits per heavy atom. The van der Waals surface area contributed by atoms with Crippen LogP contribution in [0.25, 0.3) is 0 Å². The van der Waals surface area contributed by atoms with Gasteiger partial charge in [-0.15, -0.1) is 0 Å². The number of nitrogens with two attached hydrogens (primary N) is 1. The first-order valence-electron chi connectivity index (χ1n) is 26.8. The molecule has 9 unspecified atom stereocenters. The Hall–Kier alpha value is -5.74. The second-order valence-corrected chi connectivity index (χ2v) is 21.8. The van der Waals surface area contributed by atoms with Crippen LogP contribution in [0.5, 0.6) is 0 Å². The van der Waals surface area contributed by atoms with E-state index in [0.29, 0.717) is 0 Å². The third kappa shape index (κ3) is 20.3. The van der Waals surface area contributed by atoms with Gasteiger partial charge in [-0.25, -0.2) is 0 Å². The molecule has 0 aromatic rings. The van der Waals surface area contributed by atoms with Gasteiger partial charge in [-0.3, -0.25) is 47.9 Å². The fourth-order valence-corrected chi connectivity index (χ4v) is 8.27. The van der Waals surface area contributed by atoms with E-state index in [1.165, 1.54) is 34.6 Å². The molecule has 0 aliphatic carbocycles. The van der Waals surface area contributed by atoms with Crippen LogP contribution in [-0.4, -0.2) is 230 Å². The molecule has 18 N–H and O–H groups in total. The van der Waals surface area contributed by atoms with Gasteiger partial charge in [0.2, 0.25) is 53.2 Å². The van der Waals surface area contributed by atoms with Crippen molar-refractivity contribution in [2.75, 3.05) is 13.2 Å². The lowest BCUT2D eigenvalue weighted by Gasteiger charge is -2.48. The zero-order valence-corrected chi connectivity index (χ0v) is 48.2. The van der Waals surface area contributed by atoms with E-state index in [1.807, 2.05) is 0 Å². The summed E-state index contributed by atoms with van der Waals surface area (Å²) < 4.78 is 22.9. The van der Waals surface area contributed by atoms with E-state index < -0.39 is 218 Å². The highest BCUT2D eigenvalue weighted by Gasteiger charge is 2.52. The summed E-state index contributed by atoms with van der Waals surface area (Å²) in [5.74, 6) is -10.7. The molecule has 0 spiro atoms. The van der Waals surface area contributed by atoms with Crippen molar-refractivity contribution in [2.45, 2.75) is 219 Å². The van der Waals surface area contributed by atoms with E-state index in [-0.39, 0.29) is 0 Å². The van der Waals surface area contributed by atoms with Crippen molar-refractivity contribution in [3.63, 3.8) is 0 Å². The first-order chi connectivity index (χ1) is 37.5. The minimum atomic E-state index is -1.93.